The molecule has 51 heavy (non-hydrogen) atoms. The first-order chi connectivity index (χ1) is 23.7. The maximum atomic E-state index is 13.7. The minimum atomic E-state index is -3.54. The van der Waals surface area contributed by atoms with Crippen molar-refractivity contribution >= 4 is 45.4 Å². The van der Waals surface area contributed by atoms with Gasteiger partial charge in [0.25, 0.3) is 11.8 Å². The zero-order chi connectivity index (χ0) is 38.6. The van der Waals surface area contributed by atoms with Crippen molar-refractivity contribution in [3.63, 3.8) is 0 Å². The average molecular weight is 738 g/mol. The zero-order valence-electron chi connectivity index (χ0n) is 31.9. The molecular weight excluding hydrogens is 678 g/mol. The van der Waals surface area contributed by atoms with Crippen LogP contribution in [-0.2, 0) is 33.9 Å². The lowest BCUT2D eigenvalue weighted by Gasteiger charge is -2.28. The maximum Gasteiger partial charge on any atom is 0.418 e. The molecular formula is C37H59N3O10S. The Kier molecular flexibility index (Phi) is 16.6. The molecule has 1 fully saturated rings. The number of carbonyl (C=O) groups excluding carboxylic acids is 5. The molecule has 0 saturated carbocycles. The van der Waals surface area contributed by atoms with Gasteiger partial charge in [0, 0.05) is 12.0 Å². The summed E-state index contributed by atoms with van der Waals surface area (Å²) in [5, 5.41) is 2.58. The van der Waals surface area contributed by atoms with Crippen molar-refractivity contribution in [3.8, 4) is 5.75 Å². The van der Waals surface area contributed by atoms with E-state index in [1.165, 1.54) is 70.6 Å². The average Bonchev–Trinajstić information content (AvgIpc) is 3.22. The molecule has 1 aromatic rings. The van der Waals surface area contributed by atoms with Crippen LogP contribution in [-0.4, -0.2) is 79.1 Å². The van der Waals surface area contributed by atoms with E-state index in [-0.39, 0.29) is 29.3 Å². The fourth-order valence-corrected chi connectivity index (χ4v) is 6.58. The first-order valence-corrected chi connectivity index (χ1v) is 19.8. The van der Waals surface area contributed by atoms with E-state index >= 15 is 0 Å². The lowest BCUT2D eigenvalue weighted by Crippen LogP contribution is -2.55. The van der Waals surface area contributed by atoms with Crippen LogP contribution in [0.5, 0.6) is 5.75 Å². The highest BCUT2D eigenvalue weighted by molar-refractivity contribution is 7.89. The smallest absolute Gasteiger partial charge is 0.418 e. The van der Waals surface area contributed by atoms with Crippen molar-refractivity contribution in [1.82, 2.24) is 9.62 Å². The third kappa shape index (κ3) is 13.9. The van der Waals surface area contributed by atoms with Gasteiger partial charge in [-0.3, -0.25) is 14.4 Å². The van der Waals surface area contributed by atoms with E-state index in [9.17, 15) is 32.4 Å². The summed E-state index contributed by atoms with van der Waals surface area (Å²) < 4.78 is 44.0. The van der Waals surface area contributed by atoms with Crippen molar-refractivity contribution in [1.29, 1.82) is 0 Å². The number of nitrogens with zero attached hydrogens (tertiary/aromatic N) is 1. The molecule has 2 atom stereocenters. The Labute approximate surface area is 304 Å². The lowest BCUT2D eigenvalue weighted by atomic mass is 9.85. The van der Waals surface area contributed by atoms with Gasteiger partial charge in [-0.1, -0.05) is 85.5 Å². The number of unbranched alkanes of at least 4 members (excludes halogenated alkanes) is 9. The molecule has 1 aromatic carbocycles. The number of benzene rings is 1. The molecule has 0 radical (unpaired) electrons. The molecule has 0 bridgehead atoms. The predicted octanol–water partition coefficient (Wildman–Crippen LogP) is 6.54. The number of hydrogen-bond donors (Lipinski definition) is 2. The summed E-state index contributed by atoms with van der Waals surface area (Å²) in [7, 11) is -3.54. The third-order valence-electron chi connectivity index (χ3n) is 8.27. The van der Waals surface area contributed by atoms with Gasteiger partial charge in [-0.25, -0.2) is 27.6 Å². The van der Waals surface area contributed by atoms with Crippen LogP contribution in [0.1, 0.15) is 137 Å². The van der Waals surface area contributed by atoms with Gasteiger partial charge in [-0.15, -0.1) is 0 Å². The van der Waals surface area contributed by atoms with Gasteiger partial charge in [0.1, 0.15) is 11.9 Å². The van der Waals surface area contributed by atoms with E-state index in [1.807, 2.05) is 0 Å². The van der Waals surface area contributed by atoms with E-state index in [0.717, 1.165) is 19.3 Å². The Hall–Kier alpha value is -3.52. The molecule has 288 valence electrons. The van der Waals surface area contributed by atoms with Gasteiger partial charge in [-0.05, 0) is 59.2 Å². The van der Waals surface area contributed by atoms with E-state index in [1.54, 1.807) is 41.5 Å². The number of amides is 3. The van der Waals surface area contributed by atoms with Crippen LogP contribution in [0.3, 0.4) is 0 Å². The van der Waals surface area contributed by atoms with Gasteiger partial charge in [-0.2, -0.15) is 0 Å². The van der Waals surface area contributed by atoms with Crippen LogP contribution < -0.4 is 14.8 Å². The lowest BCUT2D eigenvalue weighted by molar-refractivity contribution is -0.145. The number of esters is 1. The number of Topliss-reactive ketones (excluding diaryl/α,β-unsaturated/α-hetero) is 1. The number of nitrogens with one attached hydrogen (secondary N) is 2. The molecule has 3 amide bonds. The molecule has 1 aliphatic rings. The summed E-state index contributed by atoms with van der Waals surface area (Å²) in [5.74, 6) is -3.19. The van der Waals surface area contributed by atoms with Crippen LogP contribution in [0.4, 0.5) is 10.5 Å². The maximum absolute atomic E-state index is 13.7. The van der Waals surface area contributed by atoms with Crippen LogP contribution >= 0.6 is 0 Å². The van der Waals surface area contributed by atoms with Gasteiger partial charge < -0.3 is 19.5 Å². The van der Waals surface area contributed by atoms with Crippen LogP contribution in [0.2, 0.25) is 0 Å². The summed E-state index contributed by atoms with van der Waals surface area (Å²) in [6.45, 7) is 14.5. The predicted molar refractivity (Wildman–Crippen MR) is 195 cm³/mol. The second-order valence-corrected chi connectivity index (χ2v) is 16.9. The number of imide groups is 1. The quantitative estimate of drug-likeness (QED) is 0.0756. The summed E-state index contributed by atoms with van der Waals surface area (Å²) >= 11 is 0. The summed E-state index contributed by atoms with van der Waals surface area (Å²) in [4.78, 5) is 66.5. The van der Waals surface area contributed by atoms with E-state index in [2.05, 4.69) is 17.0 Å². The van der Waals surface area contributed by atoms with Crippen LogP contribution in [0.15, 0.2) is 18.2 Å². The minimum absolute atomic E-state index is 0.000320. The fourth-order valence-electron chi connectivity index (χ4n) is 5.36. The molecule has 1 heterocycles. The summed E-state index contributed by atoms with van der Waals surface area (Å²) in [6, 6.07) is 2.25. The van der Waals surface area contributed by atoms with Crippen molar-refractivity contribution in [2.24, 2.45) is 5.41 Å². The number of anilines is 1. The number of ketones is 1. The Balaban J connectivity index is 2.05. The van der Waals surface area contributed by atoms with Crippen molar-refractivity contribution in [2.75, 3.05) is 17.6 Å². The number of sulfonamides is 1. The van der Waals surface area contributed by atoms with Gasteiger partial charge in [0.15, 0.2) is 17.4 Å². The van der Waals surface area contributed by atoms with E-state index < -0.39 is 68.9 Å². The standard InChI is InChI=1S/C37H59N3O10S/c1-10-11-12-13-14-15-16-17-18-19-22-51(46,47)38-24-26(4)49-33(43)27-20-21-28(29(23-27)48-25(2)3)39-32(42)30(31(41)36(5,6)7)40-34(44)37(8,9)50-35(40)45/h20-21,23,25-26,30,38H,10-19,22,24H2,1-9H3,(H,39,42). The van der Waals surface area contributed by atoms with Crippen LogP contribution in [0.25, 0.3) is 0 Å². The molecule has 1 aliphatic heterocycles. The highest BCUT2D eigenvalue weighted by Crippen LogP contribution is 2.32. The molecule has 2 unspecified atom stereocenters. The third-order valence-corrected chi connectivity index (χ3v) is 9.70. The molecule has 0 aliphatic carbocycles. The summed E-state index contributed by atoms with van der Waals surface area (Å²) in [5.41, 5.74) is -2.54. The number of ether oxygens (including phenoxy) is 3. The molecule has 0 aromatic heterocycles. The SMILES string of the molecule is CCCCCCCCCCCCS(=O)(=O)NCC(C)OC(=O)c1ccc(NC(=O)C(C(=O)C(C)(C)C)N2C(=O)OC(C)(C)C2=O)c(OC(C)C)c1. The fraction of sp³-hybridized carbons (Fsp3) is 0.703. The first kappa shape index (κ1) is 43.6. The largest absolute Gasteiger partial charge is 0.489 e. The Morgan fingerprint density at radius 2 is 1.49 bits per heavy atom. The normalized spacial score (nSPS) is 15.8. The monoisotopic (exact) mass is 737 g/mol. The molecule has 2 N–H and O–H groups in total. The van der Waals surface area contributed by atoms with Gasteiger partial charge >= 0.3 is 12.1 Å². The first-order valence-electron chi connectivity index (χ1n) is 18.1. The number of hydrogen-bond acceptors (Lipinski definition) is 10. The zero-order valence-corrected chi connectivity index (χ0v) is 32.7. The number of rotatable bonds is 22. The Morgan fingerprint density at radius 3 is 2.00 bits per heavy atom. The summed E-state index contributed by atoms with van der Waals surface area (Å²) in [6.07, 6.45) is 8.64. The number of cyclic esters (lactones) is 1. The topological polar surface area (TPSA) is 174 Å². The van der Waals surface area contributed by atoms with E-state index in [4.69, 9.17) is 14.2 Å². The van der Waals surface area contributed by atoms with Crippen LogP contribution in [0, 0.1) is 5.41 Å². The van der Waals surface area contributed by atoms with Gasteiger partial charge in [0.2, 0.25) is 10.0 Å². The second-order valence-electron chi connectivity index (χ2n) is 15.0. The highest BCUT2D eigenvalue weighted by Gasteiger charge is 2.55. The van der Waals surface area contributed by atoms with E-state index in [0.29, 0.717) is 11.3 Å². The minimum Gasteiger partial charge on any atom is -0.489 e. The molecule has 2 rings (SSSR count). The van der Waals surface area contributed by atoms with Crippen molar-refractivity contribution in [2.45, 2.75) is 150 Å². The van der Waals surface area contributed by atoms with Crippen molar-refractivity contribution < 1.29 is 46.6 Å². The Morgan fingerprint density at radius 1 is 0.922 bits per heavy atom. The molecule has 14 heteroatoms. The molecule has 1 saturated heterocycles. The second kappa shape index (κ2) is 19.4. The molecule has 13 nitrogen and oxygen atoms in total. The number of carbonyl (C=O) groups is 5. The molecule has 0 spiro atoms. The Bertz CT molecular complexity index is 1480. The van der Waals surface area contributed by atoms with Crippen molar-refractivity contribution in [3.05, 3.63) is 23.8 Å². The highest BCUT2D eigenvalue weighted by atomic mass is 32.2. The van der Waals surface area contributed by atoms with Gasteiger partial charge in [0.05, 0.1) is 23.1 Å².